The molecular weight excluding hydrogens is 851 g/mol. The quantitative estimate of drug-likeness (QED) is 0.0321. The largest absolute Gasteiger partial charge is 0.466 e. The second-order valence-corrected chi connectivity index (χ2v) is 21.4. The number of carbonyl (C=O) groups is 2. The van der Waals surface area contributed by atoms with Crippen molar-refractivity contribution >= 4 is 11.9 Å². The van der Waals surface area contributed by atoms with Crippen LogP contribution in [-0.2, 0) is 14.3 Å². The van der Waals surface area contributed by atoms with Crippen molar-refractivity contribution in [1.29, 1.82) is 0 Å². The Morgan fingerprint density at radius 3 is 1.03 bits per heavy atom. The number of esters is 1. The van der Waals surface area contributed by atoms with Crippen LogP contribution in [0.5, 0.6) is 0 Å². The van der Waals surface area contributed by atoms with E-state index < -0.39 is 12.1 Å². The predicted octanol–water partition coefficient (Wildman–Crippen LogP) is 19.4. The van der Waals surface area contributed by atoms with Gasteiger partial charge < -0.3 is 20.3 Å². The van der Waals surface area contributed by atoms with Gasteiger partial charge in [0.2, 0.25) is 5.91 Å². The Morgan fingerprint density at radius 1 is 0.391 bits per heavy atom. The molecule has 6 nitrogen and oxygen atoms in total. The molecule has 69 heavy (non-hydrogen) atoms. The molecule has 0 aromatic rings. The van der Waals surface area contributed by atoms with Crippen molar-refractivity contribution in [2.75, 3.05) is 13.2 Å². The lowest BCUT2D eigenvalue weighted by Gasteiger charge is -2.20. The molecule has 0 aromatic heterocycles. The number of carbonyl (C=O) groups excluding carboxylic acids is 2. The fourth-order valence-corrected chi connectivity index (χ4v) is 9.69. The normalized spacial score (nSPS) is 12.7. The number of rotatable bonds is 58. The third-order valence-corrected chi connectivity index (χ3v) is 14.5. The number of aliphatic hydroxyl groups excluding tert-OH is 2. The van der Waals surface area contributed by atoms with Crippen molar-refractivity contribution in [2.45, 2.75) is 353 Å². The van der Waals surface area contributed by atoms with Crippen molar-refractivity contribution in [2.24, 2.45) is 0 Å². The van der Waals surface area contributed by atoms with Gasteiger partial charge in [-0.25, -0.2) is 0 Å². The molecule has 0 fully saturated rings. The highest BCUT2D eigenvalue weighted by Crippen LogP contribution is 2.17. The summed E-state index contributed by atoms with van der Waals surface area (Å²) in [7, 11) is 0. The van der Waals surface area contributed by atoms with Crippen LogP contribution in [0.4, 0.5) is 0 Å². The van der Waals surface area contributed by atoms with E-state index in [4.69, 9.17) is 4.74 Å². The first-order chi connectivity index (χ1) is 34.0. The second-order valence-electron chi connectivity index (χ2n) is 21.4. The highest BCUT2D eigenvalue weighted by molar-refractivity contribution is 5.76. The number of amides is 1. The molecule has 0 saturated carbocycles. The first kappa shape index (κ1) is 67.3. The molecule has 0 aliphatic carbocycles. The van der Waals surface area contributed by atoms with Crippen LogP contribution in [0.2, 0.25) is 0 Å². The van der Waals surface area contributed by atoms with E-state index >= 15 is 0 Å². The predicted molar refractivity (Wildman–Crippen MR) is 301 cm³/mol. The molecule has 0 aliphatic heterocycles. The van der Waals surface area contributed by atoms with Gasteiger partial charge in [0.1, 0.15) is 0 Å². The summed E-state index contributed by atoms with van der Waals surface area (Å²) in [6.45, 7) is 4.91. The van der Waals surface area contributed by atoms with Crippen molar-refractivity contribution in [3.8, 4) is 0 Å². The maximum atomic E-state index is 12.5. The Kier molecular flexibility index (Phi) is 57.5. The monoisotopic (exact) mass is 972 g/mol. The van der Waals surface area contributed by atoms with Crippen molar-refractivity contribution in [3.05, 3.63) is 24.3 Å². The van der Waals surface area contributed by atoms with Gasteiger partial charge in [0.15, 0.2) is 0 Å². The van der Waals surface area contributed by atoms with Gasteiger partial charge in [0, 0.05) is 12.8 Å². The molecule has 408 valence electrons. The highest BCUT2D eigenvalue weighted by Gasteiger charge is 2.18. The van der Waals surface area contributed by atoms with Crippen LogP contribution in [0, 0.1) is 0 Å². The summed E-state index contributed by atoms with van der Waals surface area (Å²) in [5.74, 6) is -0.0768. The molecule has 0 aliphatic rings. The van der Waals surface area contributed by atoms with Crippen molar-refractivity contribution in [3.63, 3.8) is 0 Å². The standard InChI is InChI=1S/C63H121NO5/c1-3-5-7-9-11-13-15-17-19-20-21-22-23-25-28-31-35-39-43-47-51-55-61(66)60(59-65)64-62(67)56-52-48-44-40-36-32-29-26-24-27-30-34-38-42-46-50-54-58-69-63(68)57-53-49-45-41-37-33-18-16-14-12-10-8-6-4-2/h24,27,51,55,60-61,65-66H,3-23,25-26,28-50,52-54,56-59H2,1-2H3,(H,64,67)/b27-24-,55-51+. The maximum absolute atomic E-state index is 12.5. The number of aliphatic hydroxyl groups is 2. The van der Waals surface area contributed by atoms with Crippen LogP contribution in [0.15, 0.2) is 24.3 Å². The van der Waals surface area contributed by atoms with Gasteiger partial charge in [-0.15, -0.1) is 0 Å². The fourth-order valence-electron chi connectivity index (χ4n) is 9.69. The van der Waals surface area contributed by atoms with E-state index in [2.05, 4.69) is 31.3 Å². The molecule has 1 amide bonds. The summed E-state index contributed by atoms with van der Waals surface area (Å²) in [6.07, 6.45) is 72.1. The zero-order valence-electron chi connectivity index (χ0n) is 46.6. The lowest BCUT2D eigenvalue weighted by Crippen LogP contribution is -2.45. The van der Waals surface area contributed by atoms with Crippen LogP contribution in [0.25, 0.3) is 0 Å². The van der Waals surface area contributed by atoms with E-state index in [1.807, 2.05) is 6.08 Å². The lowest BCUT2D eigenvalue weighted by atomic mass is 10.0. The molecule has 0 spiro atoms. The minimum Gasteiger partial charge on any atom is -0.466 e. The zero-order valence-corrected chi connectivity index (χ0v) is 46.6. The van der Waals surface area contributed by atoms with Gasteiger partial charge in [-0.05, 0) is 57.8 Å². The smallest absolute Gasteiger partial charge is 0.305 e. The molecule has 0 heterocycles. The van der Waals surface area contributed by atoms with E-state index in [1.54, 1.807) is 6.08 Å². The lowest BCUT2D eigenvalue weighted by molar-refractivity contribution is -0.143. The van der Waals surface area contributed by atoms with Crippen molar-refractivity contribution < 1.29 is 24.5 Å². The van der Waals surface area contributed by atoms with Gasteiger partial charge in [-0.3, -0.25) is 9.59 Å². The molecule has 0 rings (SSSR count). The molecule has 0 saturated heterocycles. The number of unbranched alkanes of at least 4 members (excludes halogenated alkanes) is 45. The minimum absolute atomic E-state index is 0.0000623. The third-order valence-electron chi connectivity index (χ3n) is 14.5. The average molecular weight is 973 g/mol. The number of hydrogen-bond acceptors (Lipinski definition) is 5. The molecule has 3 N–H and O–H groups in total. The van der Waals surface area contributed by atoms with Gasteiger partial charge >= 0.3 is 5.97 Å². The molecule has 2 atom stereocenters. The van der Waals surface area contributed by atoms with E-state index in [9.17, 15) is 19.8 Å². The van der Waals surface area contributed by atoms with Crippen LogP contribution in [0.3, 0.4) is 0 Å². The number of nitrogens with one attached hydrogen (secondary N) is 1. The number of allylic oxidation sites excluding steroid dienone is 3. The fraction of sp³-hybridized carbons (Fsp3) is 0.905. The summed E-state index contributed by atoms with van der Waals surface area (Å²) in [4.78, 5) is 24.5. The average Bonchev–Trinajstić information content (AvgIpc) is 3.35. The molecule has 0 bridgehead atoms. The van der Waals surface area contributed by atoms with Crippen LogP contribution >= 0.6 is 0 Å². The molecule has 6 heteroatoms. The second kappa shape index (κ2) is 58.9. The molecule has 0 radical (unpaired) electrons. The minimum atomic E-state index is -0.853. The first-order valence-corrected chi connectivity index (χ1v) is 31.1. The van der Waals surface area contributed by atoms with E-state index in [0.717, 1.165) is 57.8 Å². The van der Waals surface area contributed by atoms with Crippen LogP contribution in [-0.4, -0.2) is 47.4 Å². The van der Waals surface area contributed by atoms with Gasteiger partial charge in [-0.1, -0.05) is 295 Å². The summed E-state index contributed by atoms with van der Waals surface area (Å²) >= 11 is 0. The van der Waals surface area contributed by atoms with Gasteiger partial charge in [0.05, 0.1) is 25.4 Å². The summed E-state index contributed by atoms with van der Waals surface area (Å²) in [5, 5.41) is 23.2. The molecular formula is C63H121NO5. The van der Waals surface area contributed by atoms with E-state index in [-0.39, 0.29) is 18.5 Å². The maximum Gasteiger partial charge on any atom is 0.305 e. The molecule has 0 aromatic carbocycles. The summed E-state index contributed by atoms with van der Waals surface area (Å²) in [6, 6.07) is -0.637. The first-order valence-electron chi connectivity index (χ1n) is 31.1. The number of hydrogen-bond donors (Lipinski definition) is 3. The van der Waals surface area contributed by atoms with Crippen LogP contribution < -0.4 is 5.32 Å². The Bertz CT molecular complexity index is 1080. The Hall–Kier alpha value is -1.66. The number of ether oxygens (including phenoxy) is 1. The third kappa shape index (κ3) is 55.5. The van der Waals surface area contributed by atoms with Gasteiger partial charge in [0.25, 0.3) is 0 Å². The zero-order chi connectivity index (χ0) is 50.0. The topological polar surface area (TPSA) is 95.9 Å². The Labute approximate surface area is 431 Å². The van der Waals surface area contributed by atoms with E-state index in [1.165, 1.54) is 257 Å². The SMILES string of the molecule is CCCCCCCCCCCCCCCCCCCCC/C=C/C(O)C(CO)NC(=O)CCCCCCCCC/C=C\CCCCCCCCOC(=O)CCCCCCCCCCCCCCCC. The van der Waals surface area contributed by atoms with Crippen molar-refractivity contribution in [1.82, 2.24) is 5.32 Å². The Morgan fingerprint density at radius 2 is 0.681 bits per heavy atom. The van der Waals surface area contributed by atoms with E-state index in [0.29, 0.717) is 19.4 Å². The van der Waals surface area contributed by atoms with Crippen LogP contribution in [0.1, 0.15) is 341 Å². The summed E-state index contributed by atoms with van der Waals surface area (Å²) < 4.78 is 5.47. The highest BCUT2D eigenvalue weighted by atomic mass is 16.5. The van der Waals surface area contributed by atoms with Gasteiger partial charge in [-0.2, -0.15) is 0 Å². The Balaban J connectivity index is 3.48. The summed E-state index contributed by atoms with van der Waals surface area (Å²) in [5.41, 5.74) is 0. The molecule has 2 unspecified atom stereocenters.